The molecule has 0 radical (unpaired) electrons. The molecule has 6 heteroatoms. The molecule has 1 N–H and O–H groups in total. The van der Waals surface area contributed by atoms with E-state index < -0.39 is 0 Å². The van der Waals surface area contributed by atoms with Crippen LogP contribution in [0.4, 0.5) is 0 Å². The van der Waals surface area contributed by atoms with Crippen LogP contribution in [-0.2, 0) is 6.61 Å². The monoisotopic (exact) mass is 442 g/mol. The van der Waals surface area contributed by atoms with Gasteiger partial charge in [-0.2, -0.15) is 5.10 Å². The molecule has 0 aromatic heterocycles. The summed E-state index contributed by atoms with van der Waals surface area (Å²) >= 11 is 9.20. The lowest BCUT2D eigenvalue weighted by Crippen LogP contribution is -2.17. The van der Waals surface area contributed by atoms with Gasteiger partial charge < -0.3 is 4.74 Å². The summed E-state index contributed by atoms with van der Waals surface area (Å²) in [7, 11) is 0. The van der Waals surface area contributed by atoms with Crippen LogP contribution in [-0.4, -0.2) is 12.1 Å². The smallest absolute Gasteiger partial charge is 0.271 e. The molecule has 0 unspecified atom stereocenters. The highest BCUT2D eigenvalue weighted by atomic mass is 79.9. The minimum atomic E-state index is -0.268. The van der Waals surface area contributed by atoms with E-state index in [1.54, 1.807) is 24.4 Å². The third kappa shape index (κ3) is 5.94. The molecular formula is C21H16BrClN2O2. The van der Waals surface area contributed by atoms with Crippen molar-refractivity contribution < 1.29 is 9.53 Å². The van der Waals surface area contributed by atoms with E-state index in [2.05, 4.69) is 26.5 Å². The lowest BCUT2D eigenvalue weighted by Gasteiger charge is -2.06. The Morgan fingerprint density at radius 1 is 1.07 bits per heavy atom. The molecule has 0 saturated carbocycles. The molecule has 136 valence electrons. The molecule has 0 aliphatic heterocycles. The van der Waals surface area contributed by atoms with E-state index in [-0.39, 0.29) is 5.91 Å². The molecule has 4 nitrogen and oxygen atoms in total. The van der Waals surface area contributed by atoms with Gasteiger partial charge in [0.05, 0.1) is 6.21 Å². The van der Waals surface area contributed by atoms with E-state index in [0.29, 0.717) is 17.2 Å². The zero-order valence-corrected chi connectivity index (χ0v) is 16.6. The zero-order chi connectivity index (χ0) is 19.1. The van der Waals surface area contributed by atoms with Crippen LogP contribution in [0.3, 0.4) is 0 Å². The summed E-state index contributed by atoms with van der Waals surface area (Å²) < 4.78 is 6.58. The van der Waals surface area contributed by atoms with E-state index >= 15 is 0 Å². The standard InChI is InChI=1S/C21H16BrClN2O2/c22-18-3-1-2-17(12-18)21(26)25-24-13-15-6-10-20(11-7-15)27-14-16-4-8-19(23)9-5-16/h1-13H,14H2,(H,25,26). The first-order chi connectivity index (χ1) is 13.1. The summed E-state index contributed by atoms with van der Waals surface area (Å²) in [6, 6.07) is 22.1. The fourth-order valence-electron chi connectivity index (χ4n) is 2.26. The van der Waals surface area contributed by atoms with Crippen molar-refractivity contribution in [3.63, 3.8) is 0 Å². The molecule has 3 aromatic carbocycles. The van der Waals surface area contributed by atoms with Crippen molar-refractivity contribution in [1.29, 1.82) is 0 Å². The molecule has 3 aromatic rings. The number of carbonyl (C=O) groups excluding carboxylic acids is 1. The molecule has 3 rings (SSSR count). The van der Waals surface area contributed by atoms with E-state index in [0.717, 1.165) is 21.3 Å². The summed E-state index contributed by atoms with van der Waals surface area (Å²) in [4.78, 5) is 12.0. The van der Waals surface area contributed by atoms with Gasteiger partial charge >= 0.3 is 0 Å². The number of carbonyl (C=O) groups is 1. The number of halogens is 2. The zero-order valence-electron chi connectivity index (χ0n) is 14.2. The summed E-state index contributed by atoms with van der Waals surface area (Å²) in [5, 5.41) is 4.69. The number of nitrogens with one attached hydrogen (secondary N) is 1. The maximum Gasteiger partial charge on any atom is 0.271 e. The predicted molar refractivity (Wildman–Crippen MR) is 111 cm³/mol. The van der Waals surface area contributed by atoms with Gasteiger partial charge in [0.2, 0.25) is 0 Å². The van der Waals surface area contributed by atoms with Gasteiger partial charge in [-0.3, -0.25) is 4.79 Å². The maximum absolute atomic E-state index is 12.0. The molecule has 0 fully saturated rings. The summed E-state index contributed by atoms with van der Waals surface area (Å²) in [6.45, 7) is 0.466. The molecule has 0 aliphatic rings. The topological polar surface area (TPSA) is 50.7 Å². The van der Waals surface area contributed by atoms with Crippen LogP contribution in [0.15, 0.2) is 82.4 Å². The second kappa shape index (κ2) is 9.35. The van der Waals surface area contributed by atoms with E-state index in [4.69, 9.17) is 16.3 Å². The van der Waals surface area contributed by atoms with Crippen LogP contribution < -0.4 is 10.2 Å². The molecule has 0 spiro atoms. The Morgan fingerprint density at radius 2 is 1.81 bits per heavy atom. The van der Waals surface area contributed by atoms with Crippen molar-refractivity contribution in [3.05, 3.63) is 99.0 Å². The minimum absolute atomic E-state index is 0.268. The van der Waals surface area contributed by atoms with Crippen molar-refractivity contribution in [2.24, 2.45) is 5.10 Å². The van der Waals surface area contributed by atoms with Gasteiger partial charge in [0, 0.05) is 15.1 Å². The SMILES string of the molecule is O=C(NN=Cc1ccc(OCc2ccc(Cl)cc2)cc1)c1cccc(Br)c1. The van der Waals surface area contributed by atoms with Crippen molar-refractivity contribution in [3.8, 4) is 5.75 Å². The highest BCUT2D eigenvalue weighted by Gasteiger charge is 2.03. The Balaban J connectivity index is 1.51. The van der Waals surface area contributed by atoms with Crippen LogP contribution in [0, 0.1) is 0 Å². The molecule has 1 amide bonds. The minimum Gasteiger partial charge on any atom is -0.489 e. The van der Waals surface area contributed by atoms with Gasteiger partial charge in [0.15, 0.2) is 0 Å². The highest BCUT2D eigenvalue weighted by molar-refractivity contribution is 9.10. The number of hydrazone groups is 1. The Morgan fingerprint density at radius 3 is 2.52 bits per heavy atom. The van der Waals surface area contributed by atoms with Crippen LogP contribution >= 0.6 is 27.5 Å². The third-order valence-electron chi connectivity index (χ3n) is 3.67. The van der Waals surface area contributed by atoms with Crippen LogP contribution in [0.2, 0.25) is 5.02 Å². The van der Waals surface area contributed by atoms with E-state index in [1.165, 1.54) is 0 Å². The lowest BCUT2D eigenvalue weighted by molar-refractivity contribution is 0.0955. The molecule has 0 bridgehead atoms. The molecule has 0 atom stereocenters. The summed E-state index contributed by atoms with van der Waals surface area (Å²) in [5.74, 6) is 0.482. The number of ether oxygens (including phenoxy) is 1. The van der Waals surface area contributed by atoms with Crippen molar-refractivity contribution in [2.45, 2.75) is 6.61 Å². The van der Waals surface area contributed by atoms with Crippen LogP contribution in [0.1, 0.15) is 21.5 Å². The fourth-order valence-corrected chi connectivity index (χ4v) is 2.78. The number of benzene rings is 3. The molecule has 27 heavy (non-hydrogen) atoms. The summed E-state index contributed by atoms with van der Waals surface area (Å²) in [6.07, 6.45) is 1.58. The largest absolute Gasteiger partial charge is 0.489 e. The maximum atomic E-state index is 12.0. The average Bonchev–Trinajstić information content (AvgIpc) is 2.68. The van der Waals surface area contributed by atoms with Gasteiger partial charge in [0.1, 0.15) is 12.4 Å². The highest BCUT2D eigenvalue weighted by Crippen LogP contribution is 2.15. The van der Waals surface area contributed by atoms with Gasteiger partial charge in [-0.05, 0) is 65.7 Å². The normalized spacial score (nSPS) is 10.7. The van der Waals surface area contributed by atoms with Gasteiger partial charge in [0.25, 0.3) is 5.91 Å². The Hall–Kier alpha value is -2.63. The first-order valence-electron chi connectivity index (χ1n) is 8.16. The van der Waals surface area contributed by atoms with Crippen molar-refractivity contribution >= 4 is 39.7 Å². The van der Waals surface area contributed by atoms with Crippen LogP contribution in [0.25, 0.3) is 0 Å². The average molecular weight is 444 g/mol. The third-order valence-corrected chi connectivity index (χ3v) is 4.41. The number of amides is 1. The Kier molecular flexibility index (Phi) is 6.63. The number of hydrogen-bond acceptors (Lipinski definition) is 3. The second-order valence-corrected chi connectivity index (χ2v) is 7.05. The van der Waals surface area contributed by atoms with Crippen molar-refractivity contribution in [2.75, 3.05) is 0 Å². The van der Waals surface area contributed by atoms with Gasteiger partial charge in [-0.25, -0.2) is 5.43 Å². The Labute approximate surface area is 171 Å². The first kappa shape index (κ1) is 19.1. The van der Waals surface area contributed by atoms with Gasteiger partial charge in [-0.1, -0.05) is 45.7 Å². The molecule has 0 saturated heterocycles. The fraction of sp³-hybridized carbons (Fsp3) is 0.0476. The predicted octanol–water partition coefficient (Wildman–Crippen LogP) is 5.45. The first-order valence-corrected chi connectivity index (χ1v) is 9.33. The lowest BCUT2D eigenvalue weighted by atomic mass is 10.2. The molecule has 0 heterocycles. The molecule has 0 aliphatic carbocycles. The number of rotatable bonds is 6. The summed E-state index contributed by atoms with van der Waals surface area (Å²) in [5.41, 5.74) is 4.94. The van der Waals surface area contributed by atoms with Gasteiger partial charge in [-0.15, -0.1) is 0 Å². The van der Waals surface area contributed by atoms with E-state index in [9.17, 15) is 4.79 Å². The second-order valence-electron chi connectivity index (χ2n) is 5.69. The van der Waals surface area contributed by atoms with E-state index in [1.807, 2.05) is 54.6 Å². The molecular weight excluding hydrogens is 428 g/mol. The van der Waals surface area contributed by atoms with Crippen LogP contribution in [0.5, 0.6) is 5.75 Å². The van der Waals surface area contributed by atoms with Crippen molar-refractivity contribution in [1.82, 2.24) is 5.43 Å². The number of hydrogen-bond donors (Lipinski definition) is 1. The Bertz CT molecular complexity index is 941. The quantitative estimate of drug-likeness (QED) is 0.407. The number of nitrogens with zero attached hydrogens (tertiary/aromatic N) is 1.